The molecule has 2 aliphatic rings. The van der Waals surface area contributed by atoms with Gasteiger partial charge in [0.25, 0.3) is 0 Å². The van der Waals surface area contributed by atoms with Crippen molar-refractivity contribution in [3.8, 4) is 0 Å². The Morgan fingerprint density at radius 3 is 3.00 bits per heavy atom. The van der Waals surface area contributed by atoms with E-state index in [1.54, 1.807) is 12.2 Å². The number of ether oxygens (including phenoxy) is 2. The summed E-state index contributed by atoms with van der Waals surface area (Å²) in [4.78, 5) is 11.1. The summed E-state index contributed by atoms with van der Waals surface area (Å²) in [5.74, 6) is -0.266. The Morgan fingerprint density at radius 2 is 2.36 bits per heavy atom. The number of hydrogen-bond donors (Lipinski definition) is 0. The van der Waals surface area contributed by atoms with Crippen LogP contribution in [0.15, 0.2) is 24.3 Å². The van der Waals surface area contributed by atoms with Crippen molar-refractivity contribution in [1.82, 2.24) is 0 Å². The van der Waals surface area contributed by atoms with Gasteiger partial charge in [-0.2, -0.15) is 0 Å². The second-order valence-electron chi connectivity index (χ2n) is 4.33. The van der Waals surface area contributed by atoms with Gasteiger partial charge in [-0.3, -0.25) is 0 Å². The lowest BCUT2D eigenvalue weighted by Gasteiger charge is -2.38. The number of carbonyl (C=O) groups excluding carboxylic acids is 1. The van der Waals surface area contributed by atoms with Crippen molar-refractivity contribution in [3.05, 3.63) is 24.3 Å². The fourth-order valence-electron chi connectivity index (χ4n) is 2.03. The Kier molecular flexibility index (Phi) is 2.00. The van der Waals surface area contributed by atoms with Crippen LogP contribution in [0.2, 0.25) is 0 Å². The molecule has 2 atom stereocenters. The lowest BCUT2D eigenvalue weighted by molar-refractivity contribution is -0.155. The van der Waals surface area contributed by atoms with Gasteiger partial charge >= 0.3 is 5.97 Å². The molecule has 3 nitrogen and oxygen atoms in total. The minimum Gasteiger partial charge on any atom is -0.452 e. The Hall–Kier alpha value is -1.09. The number of rotatable bonds is 1. The van der Waals surface area contributed by atoms with Crippen LogP contribution < -0.4 is 0 Å². The Labute approximate surface area is 83.4 Å². The average molecular weight is 194 g/mol. The second-order valence-corrected chi connectivity index (χ2v) is 4.33. The van der Waals surface area contributed by atoms with Crippen LogP contribution >= 0.6 is 0 Å². The van der Waals surface area contributed by atoms with E-state index in [1.807, 2.05) is 13.8 Å². The molecule has 0 aromatic carbocycles. The first-order valence-corrected chi connectivity index (χ1v) is 4.73. The summed E-state index contributed by atoms with van der Waals surface area (Å²) in [6.45, 7) is 7.70. The summed E-state index contributed by atoms with van der Waals surface area (Å²) in [5.41, 5.74) is 0.783. The van der Waals surface area contributed by atoms with E-state index in [0.29, 0.717) is 0 Å². The molecule has 0 radical (unpaired) electrons. The molecule has 1 unspecified atom stereocenters. The van der Waals surface area contributed by atoms with Crippen LogP contribution in [0.25, 0.3) is 0 Å². The summed E-state index contributed by atoms with van der Waals surface area (Å²) >= 11 is 0. The maximum Gasteiger partial charge on any atom is 0.331 e. The molecule has 0 spiro atoms. The Balaban J connectivity index is 2.29. The first kappa shape index (κ1) is 9.46. The van der Waals surface area contributed by atoms with E-state index in [2.05, 4.69) is 6.58 Å². The highest BCUT2D eigenvalue weighted by Gasteiger charge is 2.42. The zero-order valence-corrected chi connectivity index (χ0v) is 8.45. The Morgan fingerprint density at radius 1 is 1.64 bits per heavy atom. The summed E-state index contributed by atoms with van der Waals surface area (Å²) in [7, 11) is 0. The number of hydrogen-bond acceptors (Lipinski definition) is 3. The summed E-state index contributed by atoms with van der Waals surface area (Å²) in [6, 6.07) is 0. The third-order valence-electron chi connectivity index (χ3n) is 2.53. The zero-order chi connectivity index (χ0) is 10.3. The molecule has 76 valence electrons. The molecular formula is C11H14O3. The zero-order valence-electron chi connectivity index (χ0n) is 8.45. The minimum absolute atomic E-state index is 0.212. The van der Waals surface area contributed by atoms with E-state index in [1.165, 1.54) is 0 Å². The molecule has 0 amide bonds. The number of fused-ring (bicyclic) bond motifs is 1. The molecule has 1 saturated heterocycles. The van der Waals surface area contributed by atoms with Crippen molar-refractivity contribution in [1.29, 1.82) is 0 Å². The number of esters is 1. The van der Waals surface area contributed by atoms with Crippen molar-refractivity contribution >= 4 is 5.97 Å². The van der Waals surface area contributed by atoms with Gasteiger partial charge in [-0.05, 0) is 19.4 Å². The first-order chi connectivity index (χ1) is 6.52. The minimum atomic E-state index is -0.266. The summed E-state index contributed by atoms with van der Waals surface area (Å²) in [5, 5.41) is 0. The number of carbonyl (C=O) groups is 1. The van der Waals surface area contributed by atoms with E-state index >= 15 is 0 Å². The van der Waals surface area contributed by atoms with Gasteiger partial charge in [0.05, 0.1) is 5.60 Å². The monoisotopic (exact) mass is 194 g/mol. The molecule has 3 heteroatoms. The molecule has 0 aliphatic carbocycles. The van der Waals surface area contributed by atoms with Crippen molar-refractivity contribution in [3.63, 3.8) is 0 Å². The fourth-order valence-corrected chi connectivity index (χ4v) is 2.03. The van der Waals surface area contributed by atoms with Crippen molar-refractivity contribution in [2.45, 2.75) is 38.1 Å². The largest absolute Gasteiger partial charge is 0.452 e. The van der Waals surface area contributed by atoms with Crippen molar-refractivity contribution in [2.75, 3.05) is 0 Å². The van der Waals surface area contributed by atoms with Gasteiger partial charge in [0.1, 0.15) is 6.10 Å². The van der Waals surface area contributed by atoms with Gasteiger partial charge in [0.2, 0.25) is 0 Å². The SMILES string of the molecule is C=CC1OC(C)(C)CC2=CC(=O)O[C@@H]21. The Bertz CT molecular complexity index is 314. The lowest BCUT2D eigenvalue weighted by atomic mass is 9.89. The molecule has 1 fully saturated rings. The van der Waals surface area contributed by atoms with Gasteiger partial charge in [0, 0.05) is 12.5 Å². The molecule has 0 N–H and O–H groups in total. The maximum atomic E-state index is 11.1. The maximum absolute atomic E-state index is 11.1. The van der Waals surface area contributed by atoms with Crippen LogP contribution in [0.3, 0.4) is 0 Å². The molecule has 0 aromatic heterocycles. The second kappa shape index (κ2) is 2.95. The molecule has 2 heterocycles. The van der Waals surface area contributed by atoms with Gasteiger partial charge in [-0.25, -0.2) is 4.79 Å². The standard InChI is InChI=1S/C11H14O3/c1-4-8-10-7(5-9(12)13-10)6-11(2,3)14-8/h4-5,8,10H,1,6H2,2-3H3/t8?,10-/m0/s1. The summed E-state index contributed by atoms with van der Waals surface area (Å²) < 4.78 is 10.9. The van der Waals surface area contributed by atoms with E-state index < -0.39 is 0 Å². The first-order valence-electron chi connectivity index (χ1n) is 4.73. The van der Waals surface area contributed by atoms with Gasteiger partial charge in [-0.1, -0.05) is 6.08 Å². The van der Waals surface area contributed by atoms with Gasteiger partial charge in [-0.15, -0.1) is 6.58 Å². The van der Waals surface area contributed by atoms with E-state index in [9.17, 15) is 4.79 Å². The molecular weight excluding hydrogens is 180 g/mol. The lowest BCUT2D eigenvalue weighted by Crippen LogP contribution is -2.44. The van der Waals surface area contributed by atoms with Crippen LogP contribution in [0.1, 0.15) is 20.3 Å². The highest BCUT2D eigenvalue weighted by atomic mass is 16.6. The molecule has 2 aliphatic heterocycles. The third-order valence-corrected chi connectivity index (χ3v) is 2.53. The smallest absolute Gasteiger partial charge is 0.331 e. The average Bonchev–Trinajstić information content (AvgIpc) is 2.41. The van der Waals surface area contributed by atoms with Gasteiger partial charge in [0.15, 0.2) is 6.10 Å². The van der Waals surface area contributed by atoms with E-state index in [4.69, 9.17) is 9.47 Å². The molecule has 14 heavy (non-hydrogen) atoms. The highest BCUT2D eigenvalue weighted by molar-refractivity contribution is 5.86. The topological polar surface area (TPSA) is 35.5 Å². The predicted octanol–water partition coefficient (Wildman–Crippen LogP) is 1.59. The highest BCUT2D eigenvalue weighted by Crippen LogP contribution is 2.37. The van der Waals surface area contributed by atoms with Crippen LogP contribution in [0.5, 0.6) is 0 Å². The van der Waals surface area contributed by atoms with Gasteiger partial charge < -0.3 is 9.47 Å². The van der Waals surface area contributed by atoms with E-state index in [0.717, 1.165) is 12.0 Å². The predicted molar refractivity (Wildman–Crippen MR) is 51.7 cm³/mol. The van der Waals surface area contributed by atoms with Crippen LogP contribution in [-0.2, 0) is 14.3 Å². The van der Waals surface area contributed by atoms with E-state index in [-0.39, 0.29) is 23.8 Å². The molecule has 2 rings (SSSR count). The summed E-state index contributed by atoms with van der Waals surface area (Å²) in [6.07, 6.45) is 3.56. The molecule has 0 aromatic rings. The van der Waals surface area contributed by atoms with Crippen LogP contribution in [-0.4, -0.2) is 23.8 Å². The van der Waals surface area contributed by atoms with Crippen LogP contribution in [0, 0.1) is 0 Å². The quantitative estimate of drug-likeness (QED) is 0.469. The van der Waals surface area contributed by atoms with Crippen molar-refractivity contribution in [2.24, 2.45) is 0 Å². The van der Waals surface area contributed by atoms with Crippen LogP contribution in [0.4, 0.5) is 0 Å². The third kappa shape index (κ3) is 1.48. The molecule has 0 bridgehead atoms. The fraction of sp³-hybridized carbons (Fsp3) is 0.545. The normalized spacial score (nSPS) is 34.4. The van der Waals surface area contributed by atoms with Crippen molar-refractivity contribution < 1.29 is 14.3 Å². The molecule has 0 saturated carbocycles.